The number of urea groups is 1. The fourth-order valence-electron chi connectivity index (χ4n) is 2.55. The van der Waals surface area contributed by atoms with Crippen LogP contribution in [0.5, 0.6) is 0 Å². The molecule has 1 aromatic carbocycles. The number of aliphatic carboxylic acids is 1. The quantitative estimate of drug-likeness (QED) is 0.902. The van der Waals surface area contributed by atoms with Crippen LogP contribution in [0.4, 0.5) is 10.5 Å². The Hall–Kier alpha value is -2.04. The molecule has 2 rings (SSSR count). The average molecular weight is 276 g/mol. The van der Waals surface area contributed by atoms with Gasteiger partial charge in [0.1, 0.15) is 5.54 Å². The van der Waals surface area contributed by atoms with Gasteiger partial charge in [-0.05, 0) is 38.8 Å². The van der Waals surface area contributed by atoms with Gasteiger partial charge < -0.3 is 10.0 Å². The van der Waals surface area contributed by atoms with Gasteiger partial charge in [0.2, 0.25) is 0 Å². The highest BCUT2D eigenvalue weighted by Gasteiger charge is 2.46. The van der Waals surface area contributed by atoms with E-state index in [4.69, 9.17) is 0 Å². The maximum atomic E-state index is 12.5. The van der Waals surface area contributed by atoms with E-state index in [0.717, 1.165) is 17.7 Å². The summed E-state index contributed by atoms with van der Waals surface area (Å²) in [4.78, 5) is 26.9. The molecule has 0 bridgehead atoms. The van der Waals surface area contributed by atoms with E-state index >= 15 is 0 Å². The highest BCUT2D eigenvalue weighted by molar-refractivity contribution is 5.95. The van der Waals surface area contributed by atoms with Gasteiger partial charge in [-0.25, -0.2) is 9.59 Å². The van der Waals surface area contributed by atoms with E-state index in [9.17, 15) is 14.7 Å². The van der Waals surface area contributed by atoms with Crippen LogP contribution in [0.2, 0.25) is 0 Å². The lowest BCUT2D eigenvalue weighted by Gasteiger charge is -2.34. The van der Waals surface area contributed by atoms with Crippen LogP contribution in [0.1, 0.15) is 25.3 Å². The van der Waals surface area contributed by atoms with Gasteiger partial charge in [-0.3, -0.25) is 4.90 Å². The van der Waals surface area contributed by atoms with E-state index in [0.29, 0.717) is 13.0 Å². The van der Waals surface area contributed by atoms with Crippen molar-refractivity contribution in [3.63, 3.8) is 0 Å². The van der Waals surface area contributed by atoms with E-state index in [1.54, 1.807) is 14.0 Å². The number of benzene rings is 1. The molecule has 1 unspecified atom stereocenters. The maximum Gasteiger partial charge on any atom is 0.329 e. The Bertz CT molecular complexity index is 526. The van der Waals surface area contributed by atoms with E-state index in [1.165, 1.54) is 9.80 Å². The summed E-state index contributed by atoms with van der Waals surface area (Å²) in [5.74, 6) is -0.944. The zero-order chi connectivity index (χ0) is 14.9. The van der Waals surface area contributed by atoms with Crippen molar-refractivity contribution < 1.29 is 14.7 Å². The number of hydrogen-bond donors (Lipinski definition) is 1. The lowest BCUT2D eigenvalue weighted by atomic mass is 10.00. The van der Waals surface area contributed by atoms with Crippen molar-refractivity contribution in [3.8, 4) is 0 Å². The average Bonchev–Trinajstić information content (AvgIpc) is 2.81. The smallest absolute Gasteiger partial charge is 0.329 e. The van der Waals surface area contributed by atoms with Gasteiger partial charge >= 0.3 is 12.0 Å². The molecule has 1 fully saturated rings. The van der Waals surface area contributed by atoms with E-state index in [1.807, 2.05) is 31.2 Å². The SMILES string of the molecule is Cc1ccc(N(C)C(=O)N2CCCC2(C)C(=O)O)cc1. The molecule has 0 aliphatic carbocycles. The van der Waals surface area contributed by atoms with E-state index in [-0.39, 0.29) is 6.03 Å². The monoisotopic (exact) mass is 276 g/mol. The fraction of sp³-hybridized carbons (Fsp3) is 0.467. The van der Waals surface area contributed by atoms with Crippen molar-refractivity contribution in [2.24, 2.45) is 0 Å². The van der Waals surface area contributed by atoms with Crippen LogP contribution in [0.15, 0.2) is 24.3 Å². The number of likely N-dealkylation sites (tertiary alicyclic amines) is 1. The van der Waals surface area contributed by atoms with Gasteiger partial charge in [-0.15, -0.1) is 0 Å². The molecule has 5 nitrogen and oxygen atoms in total. The minimum Gasteiger partial charge on any atom is -0.480 e. The number of anilines is 1. The molecule has 20 heavy (non-hydrogen) atoms. The third kappa shape index (κ3) is 2.35. The fourth-order valence-corrected chi connectivity index (χ4v) is 2.55. The predicted molar refractivity (Wildman–Crippen MR) is 77.0 cm³/mol. The Balaban J connectivity index is 2.22. The Kier molecular flexibility index (Phi) is 3.70. The first-order chi connectivity index (χ1) is 9.36. The van der Waals surface area contributed by atoms with Gasteiger partial charge in [0.25, 0.3) is 0 Å². The molecule has 1 atom stereocenters. The summed E-state index contributed by atoms with van der Waals surface area (Å²) in [6.07, 6.45) is 1.21. The van der Waals surface area contributed by atoms with Crippen molar-refractivity contribution in [3.05, 3.63) is 29.8 Å². The van der Waals surface area contributed by atoms with Crippen molar-refractivity contribution in [2.75, 3.05) is 18.5 Å². The Labute approximate surface area is 118 Å². The summed E-state index contributed by atoms with van der Waals surface area (Å²) < 4.78 is 0. The Morgan fingerprint density at radius 3 is 2.45 bits per heavy atom. The molecule has 0 aromatic heterocycles. The first-order valence-electron chi connectivity index (χ1n) is 6.71. The summed E-state index contributed by atoms with van der Waals surface area (Å²) in [5, 5.41) is 9.37. The third-order valence-corrected chi connectivity index (χ3v) is 4.04. The zero-order valence-electron chi connectivity index (χ0n) is 12.1. The minimum atomic E-state index is -1.10. The molecule has 0 spiro atoms. The van der Waals surface area contributed by atoms with E-state index in [2.05, 4.69) is 0 Å². The van der Waals surface area contributed by atoms with Crippen LogP contribution in [0.3, 0.4) is 0 Å². The number of carboxylic acids is 1. The van der Waals surface area contributed by atoms with Crippen molar-refractivity contribution in [1.29, 1.82) is 0 Å². The zero-order valence-corrected chi connectivity index (χ0v) is 12.1. The molecule has 1 aromatic rings. The first kappa shape index (κ1) is 14.4. The number of aryl methyl sites for hydroxylation is 1. The summed E-state index contributed by atoms with van der Waals surface area (Å²) in [6.45, 7) is 4.08. The van der Waals surface area contributed by atoms with Gasteiger partial charge in [0.05, 0.1) is 0 Å². The molecule has 1 heterocycles. The second-order valence-electron chi connectivity index (χ2n) is 5.51. The van der Waals surface area contributed by atoms with Crippen LogP contribution in [-0.2, 0) is 4.79 Å². The number of rotatable bonds is 2. The summed E-state index contributed by atoms with van der Waals surface area (Å²) in [5.41, 5.74) is 0.780. The molecule has 0 radical (unpaired) electrons. The molecule has 1 saturated heterocycles. The number of carboxylic acid groups (broad SMARTS) is 1. The van der Waals surface area contributed by atoms with Gasteiger partial charge in [-0.1, -0.05) is 17.7 Å². The van der Waals surface area contributed by atoms with Crippen LogP contribution in [-0.4, -0.2) is 41.1 Å². The molecular formula is C15H20N2O3. The summed E-state index contributed by atoms with van der Waals surface area (Å²) in [6, 6.07) is 7.32. The minimum absolute atomic E-state index is 0.267. The number of carbonyl (C=O) groups is 2. The van der Waals surface area contributed by atoms with Crippen molar-refractivity contribution in [1.82, 2.24) is 4.90 Å². The maximum absolute atomic E-state index is 12.5. The molecule has 108 valence electrons. The highest BCUT2D eigenvalue weighted by Crippen LogP contribution is 2.31. The van der Waals surface area contributed by atoms with Gasteiger partial charge in [-0.2, -0.15) is 0 Å². The lowest BCUT2D eigenvalue weighted by molar-refractivity contribution is -0.147. The Morgan fingerprint density at radius 1 is 1.30 bits per heavy atom. The van der Waals surface area contributed by atoms with Crippen LogP contribution < -0.4 is 4.90 Å². The van der Waals surface area contributed by atoms with E-state index < -0.39 is 11.5 Å². The normalized spacial score (nSPS) is 21.9. The van der Waals surface area contributed by atoms with Crippen LogP contribution in [0, 0.1) is 6.92 Å². The predicted octanol–water partition coefficient (Wildman–Crippen LogP) is 2.49. The summed E-state index contributed by atoms with van der Waals surface area (Å²) in [7, 11) is 1.67. The number of carbonyl (C=O) groups excluding carboxylic acids is 1. The number of nitrogens with zero attached hydrogens (tertiary/aromatic N) is 2. The summed E-state index contributed by atoms with van der Waals surface area (Å²) >= 11 is 0. The topological polar surface area (TPSA) is 60.9 Å². The molecule has 1 aliphatic heterocycles. The van der Waals surface area contributed by atoms with Crippen molar-refractivity contribution >= 4 is 17.7 Å². The van der Waals surface area contributed by atoms with Gasteiger partial charge in [0.15, 0.2) is 0 Å². The largest absolute Gasteiger partial charge is 0.480 e. The Morgan fingerprint density at radius 2 is 1.90 bits per heavy atom. The lowest BCUT2D eigenvalue weighted by Crippen LogP contribution is -2.54. The van der Waals surface area contributed by atoms with Crippen LogP contribution in [0.25, 0.3) is 0 Å². The molecule has 1 N–H and O–H groups in total. The second kappa shape index (κ2) is 5.15. The number of hydrogen-bond acceptors (Lipinski definition) is 2. The third-order valence-electron chi connectivity index (χ3n) is 4.04. The number of amides is 2. The van der Waals surface area contributed by atoms with Gasteiger partial charge in [0, 0.05) is 19.3 Å². The molecule has 5 heteroatoms. The first-order valence-corrected chi connectivity index (χ1v) is 6.71. The molecule has 1 aliphatic rings. The highest BCUT2D eigenvalue weighted by atomic mass is 16.4. The molecule has 2 amide bonds. The second-order valence-corrected chi connectivity index (χ2v) is 5.51. The molecule has 0 saturated carbocycles. The van der Waals surface area contributed by atoms with Crippen molar-refractivity contribution in [2.45, 2.75) is 32.2 Å². The standard InChI is InChI=1S/C15H20N2O3/c1-11-5-7-12(8-6-11)16(3)14(20)17-10-4-9-15(17,2)13(18)19/h5-8H,4,9-10H2,1-3H3,(H,18,19). The van der Waals surface area contributed by atoms with Crippen LogP contribution >= 0.6 is 0 Å². The molecular weight excluding hydrogens is 256 g/mol.